The van der Waals surface area contributed by atoms with E-state index in [1.165, 1.54) is 11.1 Å². The lowest BCUT2D eigenvalue weighted by molar-refractivity contribution is 0.413. The number of methoxy groups -OCH3 is 1. The van der Waals surface area contributed by atoms with Crippen LogP contribution in [0, 0.1) is 0 Å². The van der Waals surface area contributed by atoms with Crippen LogP contribution in [0.2, 0.25) is 0 Å². The molecular weight excluding hydrogens is 222 g/mol. The van der Waals surface area contributed by atoms with Crippen LogP contribution in [0.4, 0.5) is 0 Å². The van der Waals surface area contributed by atoms with Gasteiger partial charge in [0.1, 0.15) is 5.75 Å². The third-order valence-corrected chi connectivity index (χ3v) is 3.05. The van der Waals surface area contributed by atoms with Crippen molar-refractivity contribution in [2.24, 2.45) is 0 Å². The molecule has 0 aliphatic carbocycles. The Morgan fingerprint density at radius 3 is 2.56 bits per heavy atom. The van der Waals surface area contributed by atoms with Gasteiger partial charge in [0, 0.05) is 12.6 Å². The molecule has 18 heavy (non-hydrogen) atoms. The van der Waals surface area contributed by atoms with Crippen LogP contribution in [0.15, 0.2) is 54.6 Å². The summed E-state index contributed by atoms with van der Waals surface area (Å²) in [6, 6.07) is 18.9. The van der Waals surface area contributed by atoms with Gasteiger partial charge in [0.25, 0.3) is 0 Å². The van der Waals surface area contributed by atoms with Crippen LogP contribution in [0.3, 0.4) is 0 Å². The summed E-state index contributed by atoms with van der Waals surface area (Å²) < 4.78 is 5.24. The molecule has 2 aromatic carbocycles. The van der Waals surface area contributed by atoms with Gasteiger partial charge in [0.15, 0.2) is 0 Å². The molecule has 0 unspecified atom stereocenters. The lowest BCUT2D eigenvalue weighted by atomic mass is 10.1. The Balaban J connectivity index is 1.97. The highest BCUT2D eigenvalue weighted by Crippen LogP contribution is 2.19. The third kappa shape index (κ3) is 3.34. The average molecular weight is 241 g/mol. The summed E-state index contributed by atoms with van der Waals surface area (Å²) in [5.74, 6) is 0.904. The fourth-order valence-electron chi connectivity index (χ4n) is 1.90. The van der Waals surface area contributed by atoms with Gasteiger partial charge >= 0.3 is 0 Å². The highest BCUT2D eigenvalue weighted by atomic mass is 16.5. The first-order chi connectivity index (χ1) is 8.79. The van der Waals surface area contributed by atoms with E-state index >= 15 is 0 Å². The van der Waals surface area contributed by atoms with Gasteiger partial charge in [-0.05, 0) is 30.2 Å². The van der Waals surface area contributed by atoms with Gasteiger partial charge in [0.05, 0.1) is 7.11 Å². The molecule has 0 fully saturated rings. The molecule has 1 atom stereocenters. The second-order valence-corrected chi connectivity index (χ2v) is 4.36. The lowest BCUT2D eigenvalue weighted by Crippen LogP contribution is -2.17. The van der Waals surface area contributed by atoms with Crippen molar-refractivity contribution in [2.75, 3.05) is 7.11 Å². The summed E-state index contributed by atoms with van der Waals surface area (Å²) in [7, 11) is 1.70. The lowest BCUT2D eigenvalue weighted by Gasteiger charge is -2.15. The van der Waals surface area contributed by atoms with Gasteiger partial charge in [-0.2, -0.15) is 0 Å². The summed E-state index contributed by atoms with van der Waals surface area (Å²) in [4.78, 5) is 0. The van der Waals surface area contributed by atoms with E-state index in [4.69, 9.17) is 4.74 Å². The highest BCUT2D eigenvalue weighted by molar-refractivity contribution is 5.30. The molecule has 0 aliphatic rings. The molecule has 0 aliphatic heterocycles. The zero-order valence-corrected chi connectivity index (χ0v) is 10.9. The van der Waals surface area contributed by atoms with Crippen molar-refractivity contribution in [3.63, 3.8) is 0 Å². The molecule has 1 N–H and O–H groups in total. The molecule has 0 radical (unpaired) electrons. The molecule has 94 valence electrons. The largest absolute Gasteiger partial charge is 0.497 e. The first kappa shape index (κ1) is 12.7. The van der Waals surface area contributed by atoms with Crippen molar-refractivity contribution in [1.29, 1.82) is 0 Å². The van der Waals surface area contributed by atoms with E-state index in [0.717, 1.165) is 12.3 Å². The second kappa shape index (κ2) is 6.22. The van der Waals surface area contributed by atoms with Crippen LogP contribution in [0.5, 0.6) is 5.75 Å². The number of rotatable bonds is 5. The minimum Gasteiger partial charge on any atom is -0.497 e. The van der Waals surface area contributed by atoms with E-state index in [1.54, 1.807) is 7.11 Å². The molecule has 0 bridgehead atoms. The van der Waals surface area contributed by atoms with Crippen LogP contribution in [-0.2, 0) is 6.54 Å². The van der Waals surface area contributed by atoms with Gasteiger partial charge in [-0.1, -0.05) is 42.5 Å². The Morgan fingerprint density at radius 1 is 1.06 bits per heavy atom. The van der Waals surface area contributed by atoms with E-state index in [1.807, 2.05) is 18.2 Å². The summed E-state index contributed by atoms with van der Waals surface area (Å²) in [5, 5.41) is 3.51. The SMILES string of the molecule is COc1cccc([C@@H](C)NCc2ccccc2)c1. The molecule has 0 aromatic heterocycles. The van der Waals surface area contributed by atoms with Gasteiger partial charge in [-0.25, -0.2) is 0 Å². The van der Waals surface area contributed by atoms with Crippen molar-refractivity contribution >= 4 is 0 Å². The summed E-state index contributed by atoms with van der Waals surface area (Å²) in [6.07, 6.45) is 0. The maximum absolute atomic E-state index is 5.24. The Morgan fingerprint density at radius 2 is 1.83 bits per heavy atom. The molecule has 2 nitrogen and oxygen atoms in total. The molecule has 2 aromatic rings. The highest BCUT2D eigenvalue weighted by Gasteiger charge is 2.05. The molecule has 2 heteroatoms. The minimum atomic E-state index is 0.306. The minimum absolute atomic E-state index is 0.306. The second-order valence-electron chi connectivity index (χ2n) is 4.36. The standard InChI is InChI=1S/C16H19NO/c1-13(15-9-6-10-16(11-15)18-2)17-12-14-7-4-3-5-8-14/h3-11,13,17H,12H2,1-2H3/t13-/m1/s1. The summed E-state index contributed by atoms with van der Waals surface area (Å²) in [6.45, 7) is 3.04. The summed E-state index contributed by atoms with van der Waals surface area (Å²) >= 11 is 0. The van der Waals surface area contributed by atoms with Gasteiger partial charge in [0.2, 0.25) is 0 Å². The van der Waals surface area contributed by atoms with Crippen molar-refractivity contribution in [3.05, 3.63) is 65.7 Å². The van der Waals surface area contributed by atoms with Gasteiger partial charge < -0.3 is 10.1 Å². The first-order valence-corrected chi connectivity index (χ1v) is 6.21. The van der Waals surface area contributed by atoms with Gasteiger partial charge in [-0.15, -0.1) is 0 Å². The van der Waals surface area contributed by atoms with Crippen LogP contribution in [0.25, 0.3) is 0 Å². The van der Waals surface area contributed by atoms with Crippen molar-refractivity contribution in [3.8, 4) is 5.75 Å². The normalized spacial score (nSPS) is 12.1. The molecule has 0 heterocycles. The number of nitrogens with one attached hydrogen (secondary N) is 1. The number of ether oxygens (including phenoxy) is 1. The van der Waals surface area contributed by atoms with E-state index in [9.17, 15) is 0 Å². The quantitative estimate of drug-likeness (QED) is 0.864. The smallest absolute Gasteiger partial charge is 0.119 e. The molecule has 0 saturated heterocycles. The van der Waals surface area contributed by atoms with Crippen LogP contribution in [0.1, 0.15) is 24.1 Å². The van der Waals surface area contributed by atoms with Crippen molar-refractivity contribution in [2.45, 2.75) is 19.5 Å². The van der Waals surface area contributed by atoms with Crippen molar-refractivity contribution < 1.29 is 4.74 Å². The molecular formula is C16H19NO. The Labute approximate surface area is 109 Å². The zero-order valence-electron chi connectivity index (χ0n) is 10.9. The maximum Gasteiger partial charge on any atom is 0.119 e. The predicted octanol–water partition coefficient (Wildman–Crippen LogP) is 3.55. The van der Waals surface area contributed by atoms with E-state index < -0.39 is 0 Å². The van der Waals surface area contributed by atoms with Crippen molar-refractivity contribution in [1.82, 2.24) is 5.32 Å². The van der Waals surface area contributed by atoms with Gasteiger partial charge in [-0.3, -0.25) is 0 Å². The number of hydrogen-bond acceptors (Lipinski definition) is 2. The van der Waals surface area contributed by atoms with Crippen LogP contribution < -0.4 is 10.1 Å². The first-order valence-electron chi connectivity index (χ1n) is 6.21. The Bertz CT molecular complexity index is 481. The Hall–Kier alpha value is -1.80. The number of benzene rings is 2. The zero-order chi connectivity index (χ0) is 12.8. The maximum atomic E-state index is 5.24. The van der Waals surface area contributed by atoms with Crippen LogP contribution >= 0.6 is 0 Å². The van der Waals surface area contributed by atoms with E-state index in [2.05, 4.69) is 48.6 Å². The number of hydrogen-bond donors (Lipinski definition) is 1. The molecule has 0 spiro atoms. The summed E-state index contributed by atoms with van der Waals surface area (Å²) in [5.41, 5.74) is 2.54. The third-order valence-electron chi connectivity index (χ3n) is 3.05. The molecule has 0 saturated carbocycles. The molecule has 2 rings (SSSR count). The van der Waals surface area contributed by atoms with E-state index in [0.29, 0.717) is 6.04 Å². The topological polar surface area (TPSA) is 21.3 Å². The Kier molecular flexibility index (Phi) is 4.37. The van der Waals surface area contributed by atoms with Crippen LogP contribution in [-0.4, -0.2) is 7.11 Å². The fraction of sp³-hybridized carbons (Fsp3) is 0.250. The average Bonchev–Trinajstić information content (AvgIpc) is 2.46. The van der Waals surface area contributed by atoms with E-state index in [-0.39, 0.29) is 0 Å². The fourth-order valence-corrected chi connectivity index (χ4v) is 1.90. The molecule has 0 amide bonds. The predicted molar refractivity (Wildman–Crippen MR) is 74.7 cm³/mol. The monoisotopic (exact) mass is 241 g/mol.